The van der Waals surface area contributed by atoms with Gasteiger partial charge in [0.1, 0.15) is 24.5 Å². The molecule has 2 aromatic rings. The maximum absolute atomic E-state index is 12.4. The lowest BCUT2D eigenvalue weighted by Gasteiger charge is -2.09. The zero-order valence-electron chi connectivity index (χ0n) is 11.2. The van der Waals surface area contributed by atoms with Gasteiger partial charge in [-0.3, -0.25) is 0 Å². The van der Waals surface area contributed by atoms with Gasteiger partial charge in [0, 0.05) is 0 Å². The van der Waals surface area contributed by atoms with E-state index in [1.54, 1.807) is 0 Å². The fourth-order valence-corrected chi connectivity index (χ4v) is 1.76. The minimum atomic E-state index is -4.37. The number of rotatable bonds is 3. The number of hydrogen-bond donors (Lipinski definition) is 0. The molecule has 0 amide bonds. The second kappa shape index (κ2) is 6.19. The molecule has 6 heteroatoms. The first-order chi connectivity index (χ1) is 10.4. The van der Waals surface area contributed by atoms with Gasteiger partial charge in [-0.15, -0.1) is 0 Å². The predicted molar refractivity (Wildman–Crippen MR) is 71.6 cm³/mol. The monoisotopic (exact) mass is 302 g/mol. The van der Waals surface area contributed by atoms with Crippen LogP contribution in [0, 0.1) is 22.7 Å². The molecule has 110 valence electrons. The van der Waals surface area contributed by atoms with Crippen LogP contribution in [0.2, 0.25) is 0 Å². The summed E-state index contributed by atoms with van der Waals surface area (Å²) in [6.07, 6.45) is -4.37. The van der Waals surface area contributed by atoms with E-state index in [-0.39, 0.29) is 17.7 Å². The van der Waals surface area contributed by atoms with Crippen molar-refractivity contribution in [3.05, 3.63) is 64.7 Å². The van der Waals surface area contributed by atoms with Gasteiger partial charge < -0.3 is 4.74 Å². The average molecular weight is 302 g/mol. The second-order valence-electron chi connectivity index (χ2n) is 4.41. The summed E-state index contributed by atoms with van der Waals surface area (Å²) in [5.41, 5.74) is 0.272. The highest BCUT2D eigenvalue weighted by molar-refractivity contribution is 5.49. The Balaban J connectivity index is 2.08. The summed E-state index contributed by atoms with van der Waals surface area (Å²) in [6, 6.07) is 12.8. The highest BCUT2D eigenvalue weighted by atomic mass is 19.4. The van der Waals surface area contributed by atoms with Crippen LogP contribution in [0.5, 0.6) is 5.75 Å². The molecule has 0 fully saturated rings. The van der Waals surface area contributed by atoms with Crippen molar-refractivity contribution in [1.29, 1.82) is 10.5 Å². The van der Waals surface area contributed by atoms with E-state index in [2.05, 4.69) is 0 Å². The fraction of sp³-hybridized carbons (Fsp3) is 0.125. The third-order valence-electron chi connectivity index (χ3n) is 2.92. The molecule has 0 atom stereocenters. The van der Waals surface area contributed by atoms with Crippen LogP contribution in [-0.2, 0) is 12.8 Å². The quantitative estimate of drug-likeness (QED) is 0.860. The van der Waals surface area contributed by atoms with Gasteiger partial charge in [-0.05, 0) is 35.9 Å². The van der Waals surface area contributed by atoms with Crippen LogP contribution in [-0.4, -0.2) is 0 Å². The number of alkyl halides is 3. The van der Waals surface area contributed by atoms with Crippen LogP contribution >= 0.6 is 0 Å². The molecule has 22 heavy (non-hydrogen) atoms. The van der Waals surface area contributed by atoms with Crippen molar-refractivity contribution in [2.45, 2.75) is 12.8 Å². The first-order valence-corrected chi connectivity index (χ1v) is 6.17. The van der Waals surface area contributed by atoms with E-state index in [9.17, 15) is 13.2 Å². The van der Waals surface area contributed by atoms with E-state index in [0.717, 1.165) is 12.1 Å². The number of nitrogens with zero attached hydrogens (tertiary/aromatic N) is 2. The molecule has 0 aromatic heterocycles. The van der Waals surface area contributed by atoms with E-state index in [0.29, 0.717) is 11.3 Å². The van der Waals surface area contributed by atoms with Gasteiger partial charge in [-0.2, -0.15) is 23.7 Å². The Morgan fingerprint density at radius 2 is 1.55 bits per heavy atom. The Morgan fingerprint density at radius 1 is 0.909 bits per heavy atom. The van der Waals surface area contributed by atoms with Crippen LogP contribution in [0.4, 0.5) is 13.2 Å². The molecule has 0 aliphatic carbocycles. The Bertz CT molecular complexity index is 753. The van der Waals surface area contributed by atoms with Crippen molar-refractivity contribution in [1.82, 2.24) is 0 Å². The lowest BCUT2D eigenvalue weighted by molar-refractivity contribution is -0.137. The summed E-state index contributed by atoms with van der Waals surface area (Å²) in [6.45, 7) is 0.0644. The van der Waals surface area contributed by atoms with Crippen LogP contribution < -0.4 is 4.74 Å². The molecule has 0 unspecified atom stereocenters. The summed E-state index contributed by atoms with van der Waals surface area (Å²) < 4.78 is 42.7. The van der Waals surface area contributed by atoms with Gasteiger partial charge in [0.15, 0.2) is 0 Å². The number of benzene rings is 2. The van der Waals surface area contributed by atoms with Crippen molar-refractivity contribution in [2.75, 3.05) is 0 Å². The molecule has 0 aliphatic heterocycles. The molecule has 0 saturated heterocycles. The molecular weight excluding hydrogens is 293 g/mol. The van der Waals surface area contributed by atoms with E-state index < -0.39 is 11.7 Å². The number of hydrogen-bond acceptors (Lipinski definition) is 3. The largest absolute Gasteiger partial charge is 0.489 e. The molecule has 2 rings (SSSR count). The van der Waals surface area contributed by atoms with Gasteiger partial charge in [-0.1, -0.05) is 12.1 Å². The zero-order valence-corrected chi connectivity index (χ0v) is 11.2. The number of nitriles is 2. The first kappa shape index (κ1) is 15.4. The second-order valence-corrected chi connectivity index (χ2v) is 4.41. The normalized spacial score (nSPS) is 10.6. The van der Waals surface area contributed by atoms with Crippen molar-refractivity contribution >= 4 is 0 Å². The molecule has 3 nitrogen and oxygen atoms in total. The zero-order chi connectivity index (χ0) is 16.2. The molecule has 0 saturated carbocycles. The Labute approximate surface area is 124 Å². The minimum Gasteiger partial charge on any atom is -0.489 e. The Kier molecular flexibility index (Phi) is 4.33. The summed E-state index contributed by atoms with van der Waals surface area (Å²) in [7, 11) is 0. The third-order valence-corrected chi connectivity index (χ3v) is 2.92. The van der Waals surface area contributed by atoms with Crippen LogP contribution in [0.25, 0.3) is 0 Å². The summed E-state index contributed by atoms with van der Waals surface area (Å²) in [5, 5.41) is 17.7. The number of ether oxygens (including phenoxy) is 1. The smallest absolute Gasteiger partial charge is 0.416 e. The van der Waals surface area contributed by atoms with Gasteiger partial charge in [0.05, 0.1) is 16.7 Å². The summed E-state index contributed by atoms with van der Waals surface area (Å²) >= 11 is 0. The third kappa shape index (κ3) is 3.56. The van der Waals surface area contributed by atoms with E-state index in [4.69, 9.17) is 15.3 Å². The van der Waals surface area contributed by atoms with Crippen LogP contribution in [0.15, 0.2) is 42.5 Å². The first-order valence-electron chi connectivity index (χ1n) is 6.17. The van der Waals surface area contributed by atoms with Gasteiger partial charge in [0.2, 0.25) is 0 Å². The van der Waals surface area contributed by atoms with Gasteiger partial charge in [-0.25, -0.2) is 0 Å². The average Bonchev–Trinajstić information content (AvgIpc) is 2.52. The molecule has 0 N–H and O–H groups in total. The maximum atomic E-state index is 12.4. The lowest BCUT2D eigenvalue weighted by atomic mass is 10.1. The molecule has 2 aromatic carbocycles. The lowest BCUT2D eigenvalue weighted by Crippen LogP contribution is -2.05. The number of halogens is 3. The van der Waals surface area contributed by atoms with Crippen molar-refractivity contribution in [2.24, 2.45) is 0 Å². The molecular formula is C16H9F3N2O. The van der Waals surface area contributed by atoms with Crippen LogP contribution in [0.1, 0.15) is 22.3 Å². The highest BCUT2D eigenvalue weighted by Crippen LogP contribution is 2.29. The topological polar surface area (TPSA) is 56.8 Å². The summed E-state index contributed by atoms with van der Waals surface area (Å²) in [4.78, 5) is 0. The minimum absolute atomic E-state index is 0.0644. The fourth-order valence-electron chi connectivity index (χ4n) is 1.76. The summed E-state index contributed by atoms with van der Waals surface area (Å²) in [5.74, 6) is 0.371. The Hall–Kier alpha value is -2.99. The molecule has 0 radical (unpaired) electrons. The van der Waals surface area contributed by atoms with E-state index >= 15 is 0 Å². The Morgan fingerprint density at radius 3 is 2.09 bits per heavy atom. The highest BCUT2D eigenvalue weighted by Gasteiger charge is 2.29. The van der Waals surface area contributed by atoms with Crippen LogP contribution in [0.3, 0.4) is 0 Å². The van der Waals surface area contributed by atoms with E-state index in [1.807, 2.05) is 12.1 Å². The standard InChI is InChI=1S/C16H9F3N2O/c17-16(18,19)14-4-1-11(2-5-14)10-22-15-6-3-12(8-20)13(7-15)9-21/h1-7H,10H2. The molecule has 0 spiro atoms. The van der Waals surface area contributed by atoms with Crippen molar-refractivity contribution in [3.8, 4) is 17.9 Å². The van der Waals surface area contributed by atoms with Crippen molar-refractivity contribution in [3.63, 3.8) is 0 Å². The molecule has 0 bridgehead atoms. The molecule has 0 aliphatic rings. The van der Waals surface area contributed by atoms with E-state index in [1.165, 1.54) is 30.3 Å². The maximum Gasteiger partial charge on any atom is 0.416 e. The van der Waals surface area contributed by atoms with Crippen molar-refractivity contribution < 1.29 is 17.9 Å². The molecule has 0 heterocycles. The van der Waals surface area contributed by atoms with Gasteiger partial charge >= 0.3 is 6.18 Å². The SMILES string of the molecule is N#Cc1ccc(OCc2ccc(C(F)(F)F)cc2)cc1C#N. The van der Waals surface area contributed by atoms with Gasteiger partial charge in [0.25, 0.3) is 0 Å². The predicted octanol–water partition coefficient (Wildman–Crippen LogP) is 4.03.